The van der Waals surface area contributed by atoms with Crippen LogP contribution in [0, 0.1) is 12.7 Å². The van der Waals surface area contributed by atoms with E-state index in [0.717, 1.165) is 44.4 Å². The second-order valence-electron chi connectivity index (χ2n) is 7.56. The molecule has 0 spiro atoms. The maximum absolute atomic E-state index is 14.5. The first-order valence-electron chi connectivity index (χ1n) is 10.1. The molecule has 0 unspecified atom stereocenters. The number of anilines is 1. The van der Waals surface area contributed by atoms with E-state index in [4.69, 9.17) is 4.42 Å². The second kappa shape index (κ2) is 8.08. The summed E-state index contributed by atoms with van der Waals surface area (Å²) in [7, 11) is 0. The van der Waals surface area contributed by atoms with Gasteiger partial charge in [0.05, 0.1) is 12.2 Å². The predicted octanol–water partition coefficient (Wildman–Crippen LogP) is 7.08. The molecule has 1 aliphatic heterocycles. The van der Waals surface area contributed by atoms with Crippen molar-refractivity contribution in [2.24, 2.45) is 0 Å². The number of oxazole rings is 1. The molecular weight excluding hydrogens is 407 g/mol. The Kier molecular flexibility index (Phi) is 5.12. The summed E-state index contributed by atoms with van der Waals surface area (Å²) in [6.07, 6.45) is 1.68. The Balaban J connectivity index is 1.52. The average molecular weight is 429 g/mol. The largest absolute Gasteiger partial charge is 0.444 e. The molecule has 154 valence electrons. The molecule has 31 heavy (non-hydrogen) atoms. The van der Waals surface area contributed by atoms with Crippen molar-refractivity contribution in [2.75, 3.05) is 10.7 Å². The third-order valence-electron chi connectivity index (χ3n) is 5.52. The van der Waals surface area contributed by atoms with Gasteiger partial charge in [0.15, 0.2) is 0 Å². The molecule has 0 N–H and O–H groups in total. The van der Waals surface area contributed by atoms with Gasteiger partial charge in [-0.05, 0) is 36.8 Å². The van der Waals surface area contributed by atoms with Crippen LogP contribution in [0.25, 0.3) is 22.7 Å². The molecule has 5 heteroatoms. The van der Waals surface area contributed by atoms with Gasteiger partial charge in [-0.25, -0.2) is 9.37 Å². The number of rotatable bonds is 4. The van der Waals surface area contributed by atoms with Gasteiger partial charge < -0.3 is 9.32 Å². The number of aromatic nitrogens is 1. The Labute approximate surface area is 185 Å². The van der Waals surface area contributed by atoms with E-state index in [-0.39, 0.29) is 5.82 Å². The molecule has 5 rings (SSSR count). The van der Waals surface area contributed by atoms with Gasteiger partial charge in [0.2, 0.25) is 5.89 Å². The summed E-state index contributed by atoms with van der Waals surface area (Å²) < 4.78 is 20.3. The monoisotopic (exact) mass is 428 g/mol. The molecule has 0 bridgehead atoms. The number of benzene rings is 3. The third-order valence-corrected chi connectivity index (χ3v) is 6.65. The van der Waals surface area contributed by atoms with Gasteiger partial charge in [-0.1, -0.05) is 49.0 Å². The molecule has 0 saturated carbocycles. The fraction of sp³-hybridized carbons (Fsp3) is 0.115. The fourth-order valence-electron chi connectivity index (χ4n) is 3.76. The van der Waals surface area contributed by atoms with Crippen molar-refractivity contribution in [3.8, 4) is 22.7 Å². The Hall–Kier alpha value is -3.31. The number of hydrogen-bond donors (Lipinski definition) is 0. The highest BCUT2D eigenvalue weighted by molar-refractivity contribution is 7.99. The molecule has 0 saturated heterocycles. The highest BCUT2D eigenvalue weighted by Gasteiger charge is 2.24. The zero-order chi connectivity index (χ0) is 21.4. The summed E-state index contributed by atoms with van der Waals surface area (Å²) in [4.78, 5) is 7.92. The van der Waals surface area contributed by atoms with Crippen molar-refractivity contribution < 1.29 is 8.81 Å². The van der Waals surface area contributed by atoms with Gasteiger partial charge in [0.25, 0.3) is 0 Å². The maximum Gasteiger partial charge on any atom is 0.226 e. The molecule has 1 aliphatic rings. The van der Waals surface area contributed by atoms with Crippen molar-refractivity contribution in [2.45, 2.75) is 18.4 Å². The Morgan fingerprint density at radius 1 is 1.06 bits per heavy atom. The summed E-state index contributed by atoms with van der Waals surface area (Å²) >= 11 is 1.74. The van der Waals surface area contributed by atoms with E-state index in [9.17, 15) is 4.39 Å². The molecule has 0 radical (unpaired) electrons. The van der Waals surface area contributed by atoms with Crippen LogP contribution in [-0.2, 0) is 6.54 Å². The molecule has 3 aromatic carbocycles. The first-order chi connectivity index (χ1) is 15.1. The van der Waals surface area contributed by atoms with Crippen molar-refractivity contribution >= 4 is 17.4 Å². The van der Waals surface area contributed by atoms with Crippen LogP contribution in [0.3, 0.4) is 0 Å². The van der Waals surface area contributed by atoms with Crippen molar-refractivity contribution in [1.82, 2.24) is 4.98 Å². The van der Waals surface area contributed by atoms with Crippen molar-refractivity contribution in [3.63, 3.8) is 0 Å². The van der Waals surface area contributed by atoms with E-state index in [2.05, 4.69) is 28.6 Å². The number of halogens is 1. The molecule has 3 nitrogen and oxygen atoms in total. The number of thioether (sulfide) groups is 1. The molecule has 0 atom stereocenters. The van der Waals surface area contributed by atoms with E-state index in [0.29, 0.717) is 18.0 Å². The lowest BCUT2D eigenvalue weighted by molar-refractivity contribution is 0.575. The highest BCUT2D eigenvalue weighted by atomic mass is 32.2. The minimum Gasteiger partial charge on any atom is -0.444 e. The Bertz CT molecular complexity index is 1250. The quantitative estimate of drug-likeness (QED) is 0.347. The fourth-order valence-corrected chi connectivity index (χ4v) is 4.72. The smallest absolute Gasteiger partial charge is 0.226 e. The van der Waals surface area contributed by atoms with Crippen LogP contribution in [0.1, 0.15) is 11.1 Å². The van der Waals surface area contributed by atoms with Gasteiger partial charge in [0, 0.05) is 33.0 Å². The Morgan fingerprint density at radius 3 is 2.71 bits per heavy atom. The first kappa shape index (κ1) is 19.6. The van der Waals surface area contributed by atoms with Crippen LogP contribution in [-0.4, -0.2) is 10.7 Å². The SMILES string of the molecule is C=C1CSc2ccc(-c3nc(-c4ccccc4)co3)cc2N1Cc1c(C)cccc1F. The lowest BCUT2D eigenvalue weighted by Crippen LogP contribution is -2.27. The third kappa shape index (κ3) is 3.77. The van der Waals surface area contributed by atoms with Crippen LogP contribution in [0.15, 0.2) is 94.6 Å². The van der Waals surface area contributed by atoms with Crippen LogP contribution in [0.4, 0.5) is 10.1 Å². The van der Waals surface area contributed by atoms with Crippen LogP contribution in [0.5, 0.6) is 0 Å². The van der Waals surface area contributed by atoms with Crippen LogP contribution in [0.2, 0.25) is 0 Å². The van der Waals surface area contributed by atoms with E-state index in [1.165, 1.54) is 6.07 Å². The van der Waals surface area contributed by atoms with Gasteiger partial charge >= 0.3 is 0 Å². The van der Waals surface area contributed by atoms with Gasteiger partial charge in [0.1, 0.15) is 17.8 Å². The maximum atomic E-state index is 14.5. The minimum atomic E-state index is -0.191. The summed E-state index contributed by atoms with van der Waals surface area (Å²) in [5.74, 6) is 1.14. The standard InChI is InChI=1S/C26H21FN2OS/c1-17-7-6-10-22(27)21(17)14-29-18(2)16-31-25-12-11-20(13-24(25)29)26-28-23(15-30-26)19-8-4-3-5-9-19/h3-13,15H,2,14,16H2,1H3. The molecule has 1 aromatic heterocycles. The van der Waals surface area contributed by atoms with E-state index in [1.54, 1.807) is 24.1 Å². The topological polar surface area (TPSA) is 29.3 Å². The molecule has 0 aliphatic carbocycles. The van der Waals surface area contributed by atoms with Crippen molar-refractivity contribution in [1.29, 1.82) is 0 Å². The van der Waals surface area contributed by atoms with E-state index < -0.39 is 0 Å². The zero-order valence-electron chi connectivity index (χ0n) is 17.1. The van der Waals surface area contributed by atoms with Crippen molar-refractivity contribution in [3.05, 3.63) is 102 Å². The molecule has 0 fully saturated rings. The second-order valence-corrected chi connectivity index (χ2v) is 8.58. The summed E-state index contributed by atoms with van der Waals surface area (Å²) in [6, 6.07) is 21.3. The molecule has 4 aromatic rings. The highest BCUT2D eigenvalue weighted by Crippen LogP contribution is 2.42. The number of hydrogen-bond acceptors (Lipinski definition) is 4. The lowest BCUT2D eigenvalue weighted by atomic mass is 10.1. The minimum absolute atomic E-state index is 0.191. The number of nitrogens with zero attached hydrogens (tertiary/aromatic N) is 2. The summed E-state index contributed by atoms with van der Waals surface area (Å²) in [5, 5.41) is 0. The van der Waals surface area contributed by atoms with Gasteiger partial charge in [-0.2, -0.15) is 0 Å². The van der Waals surface area contributed by atoms with E-state index in [1.807, 2.05) is 49.4 Å². The first-order valence-corrected chi connectivity index (χ1v) is 11.1. The summed E-state index contributed by atoms with van der Waals surface area (Å²) in [6.45, 7) is 6.62. The molecule has 2 heterocycles. The van der Waals surface area contributed by atoms with Gasteiger partial charge in [-0.3, -0.25) is 0 Å². The van der Waals surface area contributed by atoms with Crippen LogP contribution < -0.4 is 4.90 Å². The molecular formula is C26H21FN2OS. The zero-order valence-corrected chi connectivity index (χ0v) is 18.0. The van der Waals surface area contributed by atoms with Crippen LogP contribution >= 0.6 is 11.8 Å². The number of fused-ring (bicyclic) bond motifs is 1. The predicted molar refractivity (Wildman–Crippen MR) is 125 cm³/mol. The lowest BCUT2D eigenvalue weighted by Gasteiger charge is -2.33. The van der Waals surface area contributed by atoms with Gasteiger partial charge in [-0.15, -0.1) is 11.8 Å². The molecule has 0 amide bonds. The van der Waals surface area contributed by atoms with E-state index >= 15 is 0 Å². The average Bonchev–Trinajstić information content (AvgIpc) is 3.28. The normalized spacial score (nSPS) is 13.4. The summed E-state index contributed by atoms with van der Waals surface area (Å²) in [5.41, 5.74) is 6.27. The number of aryl methyl sites for hydroxylation is 1. The Morgan fingerprint density at radius 2 is 1.90 bits per heavy atom.